The van der Waals surface area contributed by atoms with E-state index in [0.717, 1.165) is 40.6 Å². The van der Waals surface area contributed by atoms with Crippen LogP contribution in [-0.2, 0) is 19.5 Å². The van der Waals surface area contributed by atoms with Gasteiger partial charge in [0.2, 0.25) is 0 Å². The topological polar surface area (TPSA) is 24.7 Å². The molecule has 2 nitrogen and oxygen atoms in total. The van der Waals surface area contributed by atoms with Crippen molar-refractivity contribution in [2.75, 3.05) is 6.54 Å². The fourth-order valence-corrected chi connectivity index (χ4v) is 4.13. The second-order valence-electron chi connectivity index (χ2n) is 5.27. The highest BCUT2D eigenvalue weighted by atomic mass is 79.9. The summed E-state index contributed by atoms with van der Waals surface area (Å²) in [5.41, 5.74) is 3.89. The quantitative estimate of drug-likeness (QED) is 0.799. The standard InChI is InChI=1S/C16H15Br2NO/c17-14-7-13(16(20)15(18)8-14)10-19-6-5-11-3-1-2-4-12(11)9-19/h1-4,7-8,20H,5-6,9-10H2/p+1. The van der Waals surface area contributed by atoms with Crippen LogP contribution in [0, 0.1) is 0 Å². The average molecular weight is 398 g/mol. The molecule has 1 unspecified atom stereocenters. The predicted octanol–water partition coefficient (Wildman–Crippen LogP) is 3.06. The Morgan fingerprint density at radius 1 is 1.10 bits per heavy atom. The second kappa shape index (κ2) is 5.88. The smallest absolute Gasteiger partial charge is 0.138 e. The predicted molar refractivity (Wildman–Crippen MR) is 86.9 cm³/mol. The fraction of sp³-hybridized carbons (Fsp3) is 0.250. The number of fused-ring (bicyclic) bond motifs is 1. The molecule has 0 aromatic heterocycles. The summed E-state index contributed by atoms with van der Waals surface area (Å²) < 4.78 is 1.74. The highest BCUT2D eigenvalue weighted by Gasteiger charge is 2.21. The molecule has 2 N–H and O–H groups in total. The highest BCUT2D eigenvalue weighted by Crippen LogP contribution is 2.31. The molecule has 1 aliphatic rings. The largest absolute Gasteiger partial charge is 0.506 e. The summed E-state index contributed by atoms with van der Waals surface area (Å²) in [4.78, 5) is 1.49. The van der Waals surface area contributed by atoms with E-state index in [1.54, 1.807) is 0 Å². The van der Waals surface area contributed by atoms with Gasteiger partial charge in [0, 0.05) is 16.5 Å². The van der Waals surface area contributed by atoms with Gasteiger partial charge in [0.25, 0.3) is 0 Å². The third kappa shape index (κ3) is 2.92. The third-order valence-corrected chi connectivity index (χ3v) is 4.92. The van der Waals surface area contributed by atoms with Crippen molar-refractivity contribution in [1.29, 1.82) is 0 Å². The Labute approximate surface area is 135 Å². The molecule has 0 amide bonds. The molecule has 0 radical (unpaired) electrons. The van der Waals surface area contributed by atoms with Crippen LogP contribution in [0.25, 0.3) is 0 Å². The molecule has 1 atom stereocenters. The molecule has 4 heteroatoms. The van der Waals surface area contributed by atoms with Gasteiger partial charge in [-0.25, -0.2) is 0 Å². The van der Waals surface area contributed by atoms with Crippen LogP contribution in [0.2, 0.25) is 0 Å². The monoisotopic (exact) mass is 396 g/mol. The molecular formula is C16H16Br2NO+. The Hall–Kier alpha value is -0.840. The summed E-state index contributed by atoms with van der Waals surface area (Å²) in [6.45, 7) is 2.98. The lowest BCUT2D eigenvalue weighted by molar-refractivity contribution is -0.929. The number of rotatable bonds is 2. The minimum absolute atomic E-state index is 0.361. The van der Waals surface area contributed by atoms with Crippen LogP contribution >= 0.6 is 31.9 Å². The van der Waals surface area contributed by atoms with E-state index in [4.69, 9.17) is 0 Å². The van der Waals surface area contributed by atoms with Gasteiger partial charge >= 0.3 is 0 Å². The second-order valence-corrected chi connectivity index (χ2v) is 7.04. The number of hydrogen-bond donors (Lipinski definition) is 2. The summed E-state index contributed by atoms with van der Waals surface area (Å²) in [6, 6.07) is 12.5. The van der Waals surface area contributed by atoms with Crippen LogP contribution in [-0.4, -0.2) is 11.7 Å². The Morgan fingerprint density at radius 3 is 2.65 bits per heavy atom. The van der Waals surface area contributed by atoms with Crippen molar-refractivity contribution in [3.8, 4) is 5.75 Å². The first-order chi connectivity index (χ1) is 9.63. The van der Waals surface area contributed by atoms with Crippen LogP contribution < -0.4 is 4.90 Å². The van der Waals surface area contributed by atoms with E-state index in [0.29, 0.717) is 5.75 Å². The van der Waals surface area contributed by atoms with Crippen molar-refractivity contribution in [2.24, 2.45) is 0 Å². The number of phenolic OH excluding ortho intramolecular Hbond substituents is 1. The zero-order valence-electron chi connectivity index (χ0n) is 11.0. The maximum atomic E-state index is 10.2. The number of aromatic hydroxyl groups is 1. The maximum Gasteiger partial charge on any atom is 0.138 e. The zero-order valence-corrected chi connectivity index (χ0v) is 14.2. The average Bonchev–Trinajstić information content (AvgIpc) is 2.44. The molecule has 0 fully saturated rings. The van der Waals surface area contributed by atoms with Gasteiger partial charge in [-0.3, -0.25) is 0 Å². The van der Waals surface area contributed by atoms with E-state index in [9.17, 15) is 5.11 Å². The Balaban J connectivity index is 1.80. The van der Waals surface area contributed by atoms with E-state index in [1.165, 1.54) is 16.0 Å². The lowest BCUT2D eigenvalue weighted by Crippen LogP contribution is -3.10. The Kier molecular flexibility index (Phi) is 4.15. The molecule has 0 saturated carbocycles. The molecular weight excluding hydrogens is 382 g/mol. The molecule has 2 aromatic rings. The third-order valence-electron chi connectivity index (χ3n) is 3.85. The van der Waals surface area contributed by atoms with E-state index in [1.807, 2.05) is 12.1 Å². The molecule has 2 aromatic carbocycles. The van der Waals surface area contributed by atoms with Crippen molar-refractivity contribution < 1.29 is 10.0 Å². The molecule has 1 heterocycles. The summed E-state index contributed by atoms with van der Waals surface area (Å²) in [5.74, 6) is 0.361. The molecule has 20 heavy (non-hydrogen) atoms. The van der Waals surface area contributed by atoms with E-state index in [-0.39, 0.29) is 0 Å². The van der Waals surface area contributed by atoms with Crippen LogP contribution in [0.4, 0.5) is 0 Å². The van der Waals surface area contributed by atoms with Crippen molar-refractivity contribution in [3.05, 3.63) is 62.0 Å². The van der Waals surface area contributed by atoms with E-state index >= 15 is 0 Å². The van der Waals surface area contributed by atoms with E-state index in [2.05, 4.69) is 56.1 Å². The van der Waals surface area contributed by atoms with Gasteiger partial charge in [-0.15, -0.1) is 0 Å². The first-order valence-electron chi connectivity index (χ1n) is 6.70. The number of phenols is 1. The molecule has 3 rings (SSSR count). The molecule has 0 saturated heterocycles. The molecule has 0 bridgehead atoms. The van der Waals surface area contributed by atoms with Gasteiger partial charge in [-0.05, 0) is 33.6 Å². The zero-order chi connectivity index (χ0) is 14.1. The Morgan fingerprint density at radius 2 is 1.85 bits per heavy atom. The van der Waals surface area contributed by atoms with Crippen molar-refractivity contribution in [1.82, 2.24) is 0 Å². The van der Waals surface area contributed by atoms with Gasteiger partial charge in [0.1, 0.15) is 18.8 Å². The summed E-state index contributed by atoms with van der Waals surface area (Å²) in [5, 5.41) is 10.2. The number of hydrogen-bond acceptors (Lipinski definition) is 1. The SMILES string of the molecule is Oc1c(Br)cc(Br)cc1C[NH+]1CCc2ccccc2C1. The maximum absolute atomic E-state index is 10.2. The summed E-state index contributed by atoms with van der Waals surface area (Å²) >= 11 is 6.89. The summed E-state index contributed by atoms with van der Waals surface area (Å²) in [6.07, 6.45) is 1.11. The van der Waals surface area contributed by atoms with Gasteiger partial charge < -0.3 is 10.0 Å². The lowest BCUT2D eigenvalue weighted by Gasteiger charge is -2.26. The minimum atomic E-state index is 0.361. The lowest BCUT2D eigenvalue weighted by atomic mass is 9.99. The van der Waals surface area contributed by atoms with Crippen molar-refractivity contribution in [2.45, 2.75) is 19.5 Å². The van der Waals surface area contributed by atoms with Crippen LogP contribution in [0.15, 0.2) is 45.3 Å². The van der Waals surface area contributed by atoms with Crippen LogP contribution in [0.3, 0.4) is 0 Å². The van der Waals surface area contributed by atoms with Crippen molar-refractivity contribution in [3.63, 3.8) is 0 Å². The van der Waals surface area contributed by atoms with Gasteiger partial charge in [-0.1, -0.05) is 40.2 Å². The first-order valence-corrected chi connectivity index (χ1v) is 8.29. The first kappa shape index (κ1) is 14.1. The van der Waals surface area contributed by atoms with Crippen LogP contribution in [0.5, 0.6) is 5.75 Å². The van der Waals surface area contributed by atoms with Crippen LogP contribution in [0.1, 0.15) is 16.7 Å². The highest BCUT2D eigenvalue weighted by molar-refractivity contribution is 9.11. The van der Waals surface area contributed by atoms with Gasteiger partial charge in [0.15, 0.2) is 0 Å². The normalized spacial score (nSPS) is 17.8. The number of nitrogens with one attached hydrogen (secondary N) is 1. The molecule has 0 aliphatic carbocycles. The minimum Gasteiger partial charge on any atom is -0.506 e. The number of quaternary nitrogens is 1. The summed E-state index contributed by atoms with van der Waals surface area (Å²) in [7, 11) is 0. The van der Waals surface area contributed by atoms with Gasteiger partial charge in [0.05, 0.1) is 16.6 Å². The number of benzene rings is 2. The van der Waals surface area contributed by atoms with Crippen molar-refractivity contribution >= 4 is 31.9 Å². The molecule has 1 aliphatic heterocycles. The molecule has 0 spiro atoms. The number of halogens is 2. The van der Waals surface area contributed by atoms with E-state index < -0.39 is 0 Å². The van der Waals surface area contributed by atoms with Gasteiger partial charge in [-0.2, -0.15) is 0 Å². The Bertz CT molecular complexity index is 642. The molecule has 104 valence electrons. The fourth-order valence-electron chi connectivity index (χ4n) is 2.82.